The number of hydrogen-bond acceptors (Lipinski definition) is 6. The summed E-state index contributed by atoms with van der Waals surface area (Å²) in [5, 5.41) is 1.42. The molecule has 1 aliphatic carbocycles. The smallest absolute Gasteiger partial charge is 0.278 e. The van der Waals surface area contributed by atoms with Gasteiger partial charge in [-0.2, -0.15) is 0 Å². The minimum absolute atomic E-state index is 0.0255. The summed E-state index contributed by atoms with van der Waals surface area (Å²) in [7, 11) is 5.89. The predicted molar refractivity (Wildman–Crippen MR) is 111 cm³/mol. The van der Waals surface area contributed by atoms with E-state index >= 15 is 0 Å². The van der Waals surface area contributed by atoms with Crippen LogP contribution in [0.2, 0.25) is 0 Å². The van der Waals surface area contributed by atoms with Gasteiger partial charge in [0.2, 0.25) is 0 Å². The second-order valence-electron chi connectivity index (χ2n) is 7.60. The Bertz CT molecular complexity index is 1130. The number of rotatable bonds is 2. The molecule has 0 spiro atoms. The number of nitrogens with zero attached hydrogens (tertiary/aromatic N) is 6. The van der Waals surface area contributed by atoms with Crippen LogP contribution in [0.25, 0.3) is 22.1 Å². The lowest BCUT2D eigenvalue weighted by Gasteiger charge is -2.30. The predicted octanol–water partition coefficient (Wildman–Crippen LogP) is 2.59. The number of hydrogen-bond donors (Lipinski definition) is 0. The number of thioether (sulfide) groups is 1. The molecule has 3 atom stereocenters. The molecule has 1 fully saturated rings. The normalized spacial score (nSPS) is 24.6. The van der Waals surface area contributed by atoms with E-state index in [9.17, 15) is 4.79 Å². The van der Waals surface area contributed by atoms with Crippen LogP contribution < -0.4 is 10.5 Å². The van der Waals surface area contributed by atoms with Gasteiger partial charge in [0.15, 0.2) is 0 Å². The quantitative estimate of drug-likeness (QED) is 0.681. The van der Waals surface area contributed by atoms with Gasteiger partial charge in [0.05, 0.1) is 29.0 Å². The molecule has 7 nitrogen and oxygen atoms in total. The van der Waals surface area contributed by atoms with Crippen molar-refractivity contribution in [2.24, 2.45) is 12.0 Å². The second-order valence-corrected chi connectivity index (χ2v) is 8.69. The maximum atomic E-state index is 13.4. The lowest BCUT2D eigenvalue weighted by atomic mass is 9.91. The molecule has 27 heavy (non-hydrogen) atoms. The maximum absolute atomic E-state index is 13.4. The van der Waals surface area contributed by atoms with Crippen LogP contribution in [0.1, 0.15) is 25.3 Å². The monoisotopic (exact) mass is 382 g/mol. The van der Waals surface area contributed by atoms with Crippen LogP contribution in [0.15, 0.2) is 28.4 Å². The summed E-state index contributed by atoms with van der Waals surface area (Å²) in [5.41, 5.74) is 5.18. The van der Waals surface area contributed by atoms with Crippen molar-refractivity contribution in [3.8, 4) is 0 Å². The lowest BCUT2D eigenvalue weighted by Crippen LogP contribution is -2.34. The van der Waals surface area contributed by atoms with Crippen molar-refractivity contribution in [3.63, 3.8) is 0 Å². The lowest BCUT2D eigenvalue weighted by molar-refractivity contribution is 0.329. The fraction of sp³-hybridized carbons (Fsp3) is 0.474. The summed E-state index contributed by atoms with van der Waals surface area (Å²) in [5.74, 6) is 0. The van der Waals surface area contributed by atoms with Gasteiger partial charge in [-0.3, -0.25) is 14.4 Å². The van der Waals surface area contributed by atoms with E-state index in [4.69, 9.17) is 4.98 Å². The Morgan fingerprint density at radius 3 is 2.93 bits per heavy atom. The van der Waals surface area contributed by atoms with Crippen LogP contribution in [0.3, 0.4) is 0 Å². The number of aryl methyl sites for hydroxylation is 1. The second kappa shape index (κ2) is 6.09. The summed E-state index contributed by atoms with van der Waals surface area (Å²) >= 11 is 1.80. The van der Waals surface area contributed by atoms with Gasteiger partial charge in [-0.05, 0) is 25.3 Å². The molecule has 0 saturated heterocycles. The summed E-state index contributed by atoms with van der Waals surface area (Å²) in [4.78, 5) is 29.2. The van der Waals surface area contributed by atoms with Crippen molar-refractivity contribution in [1.82, 2.24) is 19.1 Å². The van der Waals surface area contributed by atoms with E-state index in [2.05, 4.69) is 9.98 Å². The van der Waals surface area contributed by atoms with E-state index in [1.54, 1.807) is 24.3 Å². The van der Waals surface area contributed by atoms with Crippen LogP contribution in [0.4, 0.5) is 5.69 Å². The van der Waals surface area contributed by atoms with Gasteiger partial charge in [0.1, 0.15) is 16.7 Å². The van der Waals surface area contributed by atoms with Crippen molar-refractivity contribution < 1.29 is 0 Å². The zero-order chi connectivity index (χ0) is 18.7. The summed E-state index contributed by atoms with van der Waals surface area (Å²) < 4.78 is 3.73. The Balaban J connectivity index is 1.68. The zero-order valence-corrected chi connectivity index (χ0v) is 16.5. The first-order valence-electron chi connectivity index (χ1n) is 9.25. The Morgan fingerprint density at radius 2 is 2.11 bits per heavy atom. The molecule has 0 amide bonds. The van der Waals surface area contributed by atoms with Gasteiger partial charge in [-0.15, -0.1) is 11.8 Å². The molecule has 0 radical (unpaired) electrons. The molecule has 8 heteroatoms. The Hall–Kier alpha value is -2.35. The molecule has 4 heterocycles. The van der Waals surface area contributed by atoms with Gasteiger partial charge in [0, 0.05) is 38.6 Å². The average molecular weight is 382 g/mol. The van der Waals surface area contributed by atoms with E-state index in [1.165, 1.54) is 0 Å². The van der Waals surface area contributed by atoms with Crippen LogP contribution in [-0.2, 0) is 7.05 Å². The van der Waals surface area contributed by atoms with Gasteiger partial charge in [0.25, 0.3) is 5.56 Å². The van der Waals surface area contributed by atoms with Gasteiger partial charge < -0.3 is 9.47 Å². The topological polar surface area (TPSA) is 68.3 Å². The minimum atomic E-state index is 0.0255. The fourth-order valence-corrected chi connectivity index (χ4v) is 5.56. The molecule has 3 aromatic rings. The number of anilines is 1. The van der Waals surface area contributed by atoms with Crippen molar-refractivity contribution in [2.75, 3.05) is 19.0 Å². The van der Waals surface area contributed by atoms with Gasteiger partial charge >= 0.3 is 0 Å². The van der Waals surface area contributed by atoms with E-state index in [-0.39, 0.29) is 11.6 Å². The first-order valence-corrected chi connectivity index (χ1v) is 10.2. The maximum Gasteiger partial charge on any atom is 0.278 e. The molecule has 3 aromatic heterocycles. The minimum Gasteiger partial charge on any atom is -0.377 e. The van der Waals surface area contributed by atoms with Crippen molar-refractivity contribution in [1.29, 1.82) is 0 Å². The molecule has 2 aliphatic rings. The Labute approximate surface area is 161 Å². The molecule has 0 N–H and O–H groups in total. The number of fused-ring (bicyclic) bond motifs is 4. The number of aliphatic imine (C=N–C) groups is 1. The summed E-state index contributed by atoms with van der Waals surface area (Å²) in [6.07, 6.45) is 6.49. The molecular formula is C19H22N6OS. The fourth-order valence-electron chi connectivity index (χ4n) is 4.46. The van der Waals surface area contributed by atoms with Gasteiger partial charge in [-0.1, -0.05) is 0 Å². The van der Waals surface area contributed by atoms with Crippen LogP contribution in [-0.4, -0.2) is 50.0 Å². The molecular weight excluding hydrogens is 360 g/mol. The summed E-state index contributed by atoms with van der Waals surface area (Å²) in [6.45, 7) is 0. The van der Waals surface area contributed by atoms with Crippen molar-refractivity contribution in [3.05, 3.63) is 28.9 Å². The zero-order valence-electron chi connectivity index (χ0n) is 15.7. The van der Waals surface area contributed by atoms with Crippen molar-refractivity contribution >= 4 is 45.1 Å². The number of pyridine rings is 1. The molecule has 0 bridgehead atoms. The van der Waals surface area contributed by atoms with E-state index in [1.807, 2.05) is 46.8 Å². The van der Waals surface area contributed by atoms with Crippen LogP contribution >= 0.6 is 11.8 Å². The highest BCUT2D eigenvalue weighted by molar-refractivity contribution is 8.12. The average Bonchev–Trinajstić information content (AvgIpc) is 3.24. The molecule has 0 aromatic carbocycles. The third-order valence-corrected chi connectivity index (χ3v) is 6.96. The third kappa shape index (κ3) is 2.42. The van der Waals surface area contributed by atoms with E-state index in [0.717, 1.165) is 41.5 Å². The highest BCUT2D eigenvalue weighted by Gasteiger charge is 2.34. The molecule has 1 saturated carbocycles. The highest BCUT2D eigenvalue weighted by Crippen LogP contribution is 2.39. The third-order valence-electron chi connectivity index (χ3n) is 5.86. The highest BCUT2D eigenvalue weighted by atomic mass is 32.2. The molecule has 1 aliphatic heterocycles. The summed E-state index contributed by atoms with van der Waals surface area (Å²) in [6, 6.07) is 2.57. The molecule has 140 valence electrons. The first kappa shape index (κ1) is 16.8. The molecule has 5 rings (SSSR count). The van der Waals surface area contributed by atoms with E-state index < -0.39 is 0 Å². The first-order chi connectivity index (χ1) is 13.1. The van der Waals surface area contributed by atoms with Crippen LogP contribution in [0, 0.1) is 0 Å². The SMILES string of the molecule is CN(C)c1ccnc2c1c1ncn(C3CC[C@H]4N=CSC4C3)c(=O)c1n2C. The largest absolute Gasteiger partial charge is 0.377 e. The molecule has 2 unspecified atom stereocenters. The Morgan fingerprint density at radius 1 is 1.26 bits per heavy atom. The van der Waals surface area contributed by atoms with Gasteiger partial charge in [-0.25, -0.2) is 9.97 Å². The number of aromatic nitrogens is 4. The van der Waals surface area contributed by atoms with Crippen LogP contribution in [0.5, 0.6) is 0 Å². The van der Waals surface area contributed by atoms with E-state index in [0.29, 0.717) is 16.8 Å². The standard InChI is InChI=1S/C19H22N6OS/c1-23(2)13-6-7-20-18-15(13)16-17(24(18)3)19(26)25(9-21-16)11-4-5-12-14(8-11)27-10-22-12/h6-7,9-12,14H,4-5,8H2,1-3H3/t11?,12-,14?/m1/s1. The van der Waals surface area contributed by atoms with Crippen molar-refractivity contribution in [2.45, 2.75) is 36.6 Å². The Kier molecular flexibility index (Phi) is 3.79.